The zero-order valence-electron chi connectivity index (χ0n) is 10.7. The van der Waals surface area contributed by atoms with Crippen molar-refractivity contribution in [2.24, 2.45) is 0 Å². The molecule has 0 heterocycles. The lowest BCUT2D eigenvalue weighted by Crippen LogP contribution is -1.89. The van der Waals surface area contributed by atoms with Crippen LogP contribution >= 0.6 is 0 Å². The van der Waals surface area contributed by atoms with Crippen LogP contribution in [0.4, 0.5) is 8.78 Å². The number of hydrogen-bond acceptors (Lipinski definition) is 1. The Morgan fingerprint density at radius 3 is 2.06 bits per heavy atom. The van der Waals surface area contributed by atoms with Crippen LogP contribution in [0, 0.1) is 18.6 Å². The highest BCUT2D eigenvalue weighted by molar-refractivity contribution is 5.34. The second-order valence-electron chi connectivity index (χ2n) is 3.49. The van der Waals surface area contributed by atoms with Gasteiger partial charge in [0.25, 0.3) is 0 Å². The number of aryl methyl sites for hydroxylation is 1. The van der Waals surface area contributed by atoms with E-state index in [1.165, 1.54) is 30.3 Å². The van der Waals surface area contributed by atoms with E-state index in [-0.39, 0.29) is 11.6 Å². The highest BCUT2D eigenvalue weighted by atomic mass is 19.1. The molecule has 1 nitrogen and oxygen atoms in total. The average Bonchev–Trinajstić information content (AvgIpc) is 2.38. The fraction of sp³-hybridized carbons (Fsp3) is 0.200. The van der Waals surface area contributed by atoms with Crippen LogP contribution in [0.15, 0.2) is 42.5 Å². The Labute approximate surface area is 106 Å². The predicted molar refractivity (Wildman–Crippen MR) is 69.0 cm³/mol. The molecule has 2 aromatic carbocycles. The van der Waals surface area contributed by atoms with Gasteiger partial charge in [-0.05, 0) is 48.9 Å². The third kappa shape index (κ3) is 3.84. The molecule has 0 aromatic heterocycles. The summed E-state index contributed by atoms with van der Waals surface area (Å²) >= 11 is 0. The molecule has 0 unspecified atom stereocenters. The number of hydrogen-bond donors (Lipinski definition) is 0. The number of halogens is 2. The molecule has 0 radical (unpaired) electrons. The maximum atomic E-state index is 13.4. The predicted octanol–water partition coefficient (Wildman–Crippen LogP) is 5.09. The van der Waals surface area contributed by atoms with Crippen LogP contribution in [0.25, 0.3) is 0 Å². The second kappa shape index (κ2) is 6.74. The molecule has 0 saturated carbocycles. The lowest BCUT2D eigenvalue weighted by Gasteiger charge is -2.06. The lowest BCUT2D eigenvalue weighted by atomic mass is 10.2. The Morgan fingerprint density at radius 1 is 0.889 bits per heavy atom. The summed E-state index contributed by atoms with van der Waals surface area (Å²) < 4.78 is 31.3. The third-order valence-electron chi connectivity index (χ3n) is 2.13. The lowest BCUT2D eigenvalue weighted by molar-refractivity contribution is 0.441. The second-order valence-corrected chi connectivity index (χ2v) is 3.49. The normalized spacial score (nSPS) is 9.39. The highest BCUT2D eigenvalue weighted by Gasteiger charge is 2.04. The van der Waals surface area contributed by atoms with Crippen LogP contribution < -0.4 is 4.74 Å². The molecule has 96 valence electrons. The van der Waals surface area contributed by atoms with Crippen LogP contribution in [0.1, 0.15) is 19.4 Å². The number of rotatable bonds is 2. The Morgan fingerprint density at radius 2 is 1.50 bits per heavy atom. The molecule has 0 aliphatic rings. The molecule has 0 atom stereocenters. The molecule has 2 rings (SSSR count). The van der Waals surface area contributed by atoms with E-state index in [1.54, 1.807) is 19.1 Å². The summed E-state index contributed by atoms with van der Waals surface area (Å²) in [6.07, 6.45) is 0. The van der Waals surface area contributed by atoms with E-state index in [9.17, 15) is 8.78 Å². The molecule has 0 saturated heterocycles. The zero-order chi connectivity index (χ0) is 13.5. The van der Waals surface area contributed by atoms with Gasteiger partial charge in [0.2, 0.25) is 0 Å². The minimum absolute atomic E-state index is 0.136. The quantitative estimate of drug-likeness (QED) is 0.721. The van der Waals surface area contributed by atoms with Gasteiger partial charge in [-0.2, -0.15) is 0 Å². The first-order valence-electron chi connectivity index (χ1n) is 5.85. The van der Waals surface area contributed by atoms with Gasteiger partial charge in [-0.25, -0.2) is 8.78 Å². The van der Waals surface area contributed by atoms with E-state index in [1.807, 2.05) is 13.8 Å². The summed E-state index contributed by atoms with van der Waals surface area (Å²) in [4.78, 5) is 0. The Balaban J connectivity index is 0.000000771. The van der Waals surface area contributed by atoms with Crippen LogP contribution in [-0.2, 0) is 0 Å². The van der Waals surface area contributed by atoms with Crippen LogP contribution in [0.2, 0.25) is 0 Å². The van der Waals surface area contributed by atoms with Crippen molar-refractivity contribution in [3.05, 3.63) is 59.7 Å². The van der Waals surface area contributed by atoms with Crippen molar-refractivity contribution < 1.29 is 13.5 Å². The molecule has 0 aliphatic heterocycles. The van der Waals surface area contributed by atoms with E-state index < -0.39 is 5.82 Å². The van der Waals surface area contributed by atoms with Crippen molar-refractivity contribution in [3.63, 3.8) is 0 Å². The molecule has 2 aromatic rings. The molecule has 0 fully saturated rings. The summed E-state index contributed by atoms with van der Waals surface area (Å²) in [7, 11) is 0. The maximum Gasteiger partial charge on any atom is 0.165 e. The smallest absolute Gasteiger partial charge is 0.165 e. The van der Waals surface area contributed by atoms with Crippen molar-refractivity contribution in [3.8, 4) is 11.5 Å². The molecule has 18 heavy (non-hydrogen) atoms. The van der Waals surface area contributed by atoms with Crippen LogP contribution in [0.3, 0.4) is 0 Å². The molecule has 0 N–H and O–H groups in total. The van der Waals surface area contributed by atoms with Gasteiger partial charge in [0.05, 0.1) is 0 Å². The summed E-state index contributed by atoms with van der Waals surface area (Å²) in [6, 6.07) is 10.1. The van der Waals surface area contributed by atoms with E-state index in [0.717, 1.165) is 5.56 Å². The summed E-state index contributed by atoms with van der Waals surface area (Å²) in [5.74, 6) is -0.234. The molecular formula is C15H16F2O. The van der Waals surface area contributed by atoms with Crippen LogP contribution in [-0.4, -0.2) is 0 Å². The van der Waals surface area contributed by atoms with Crippen molar-refractivity contribution in [2.45, 2.75) is 20.8 Å². The van der Waals surface area contributed by atoms with Crippen molar-refractivity contribution in [2.75, 3.05) is 0 Å². The van der Waals surface area contributed by atoms with Gasteiger partial charge in [0, 0.05) is 0 Å². The fourth-order valence-electron chi connectivity index (χ4n) is 1.32. The molecule has 0 amide bonds. The first-order valence-corrected chi connectivity index (χ1v) is 5.85. The van der Waals surface area contributed by atoms with E-state index >= 15 is 0 Å². The number of benzene rings is 2. The van der Waals surface area contributed by atoms with E-state index in [2.05, 4.69) is 0 Å². The van der Waals surface area contributed by atoms with Gasteiger partial charge >= 0.3 is 0 Å². The SMILES string of the molecule is CC.Cc1ccc(Oc2ccc(F)cc2)c(F)c1. The monoisotopic (exact) mass is 250 g/mol. The number of ether oxygens (including phenoxy) is 1. The first kappa shape index (κ1) is 14.2. The molecule has 0 spiro atoms. The van der Waals surface area contributed by atoms with Gasteiger partial charge in [-0.1, -0.05) is 19.9 Å². The highest BCUT2D eigenvalue weighted by Crippen LogP contribution is 2.24. The van der Waals surface area contributed by atoms with Crippen LogP contribution in [0.5, 0.6) is 11.5 Å². The third-order valence-corrected chi connectivity index (χ3v) is 2.13. The van der Waals surface area contributed by atoms with Crippen molar-refractivity contribution in [1.29, 1.82) is 0 Å². The summed E-state index contributed by atoms with van der Waals surface area (Å²) in [5.41, 5.74) is 0.823. The van der Waals surface area contributed by atoms with Gasteiger partial charge in [0.1, 0.15) is 11.6 Å². The molecular weight excluding hydrogens is 234 g/mol. The Hall–Kier alpha value is -1.90. The standard InChI is InChI=1S/C13H10F2O.C2H6/c1-9-2-7-13(12(15)8-9)16-11-5-3-10(14)4-6-11;1-2/h2-8H,1H3;1-2H3. The van der Waals surface area contributed by atoms with Gasteiger partial charge < -0.3 is 4.74 Å². The summed E-state index contributed by atoms with van der Waals surface area (Å²) in [5, 5.41) is 0. The summed E-state index contributed by atoms with van der Waals surface area (Å²) in [6.45, 7) is 5.80. The first-order chi connectivity index (χ1) is 8.65. The van der Waals surface area contributed by atoms with E-state index in [4.69, 9.17) is 4.74 Å². The van der Waals surface area contributed by atoms with Crippen molar-refractivity contribution >= 4 is 0 Å². The Bertz CT molecular complexity index is 492. The largest absolute Gasteiger partial charge is 0.454 e. The zero-order valence-corrected chi connectivity index (χ0v) is 10.7. The Kier molecular flexibility index (Phi) is 5.31. The molecule has 0 bridgehead atoms. The minimum Gasteiger partial charge on any atom is -0.454 e. The molecule has 3 heteroatoms. The van der Waals surface area contributed by atoms with Crippen molar-refractivity contribution in [1.82, 2.24) is 0 Å². The average molecular weight is 250 g/mol. The minimum atomic E-state index is -0.427. The molecule has 0 aliphatic carbocycles. The van der Waals surface area contributed by atoms with E-state index in [0.29, 0.717) is 5.75 Å². The van der Waals surface area contributed by atoms with Gasteiger partial charge in [-0.15, -0.1) is 0 Å². The maximum absolute atomic E-state index is 13.4. The fourth-order valence-corrected chi connectivity index (χ4v) is 1.32. The van der Waals surface area contributed by atoms with Gasteiger partial charge in [0.15, 0.2) is 11.6 Å². The van der Waals surface area contributed by atoms with Gasteiger partial charge in [-0.3, -0.25) is 0 Å². The topological polar surface area (TPSA) is 9.23 Å².